The molecule has 5 aliphatic carbocycles. The van der Waals surface area contributed by atoms with Crippen molar-refractivity contribution in [2.24, 2.45) is 56.7 Å². The van der Waals surface area contributed by atoms with Gasteiger partial charge in [0.1, 0.15) is 61.0 Å². The summed E-state index contributed by atoms with van der Waals surface area (Å²) in [7, 11) is 0. The first kappa shape index (κ1) is 50.5. The molecule has 8 rings (SSSR count). The number of aliphatic hydroxyl groups is 10. The Labute approximate surface area is 385 Å². The maximum atomic E-state index is 14.7. The van der Waals surface area contributed by atoms with E-state index < -0.39 is 128 Å². The summed E-state index contributed by atoms with van der Waals surface area (Å²) in [6.45, 7) is 12.0. The van der Waals surface area contributed by atoms with Crippen molar-refractivity contribution in [2.45, 2.75) is 191 Å². The molecule has 25 atom stereocenters. The zero-order valence-electron chi connectivity index (χ0n) is 38.8. The van der Waals surface area contributed by atoms with E-state index in [9.17, 15) is 65.8 Å². The van der Waals surface area contributed by atoms with Crippen LogP contribution in [-0.4, -0.2) is 180 Å². The van der Waals surface area contributed by atoms with Gasteiger partial charge in [-0.2, -0.15) is 0 Å². The lowest BCUT2D eigenvalue weighted by Crippen LogP contribution is -2.68. The van der Waals surface area contributed by atoms with E-state index in [1.807, 2.05) is 6.92 Å². The highest BCUT2D eigenvalue weighted by molar-refractivity contribution is 5.79. The summed E-state index contributed by atoms with van der Waals surface area (Å²) in [6, 6.07) is 0. The van der Waals surface area contributed by atoms with Gasteiger partial charge in [0.2, 0.25) is 6.29 Å². The lowest BCUT2D eigenvalue weighted by atomic mass is 9.33. The molecule has 0 radical (unpaired) electrons. The van der Waals surface area contributed by atoms with Gasteiger partial charge >= 0.3 is 11.9 Å². The molecule has 0 amide bonds. The topological polar surface area (TPSA) is 312 Å². The number of esters is 1. The number of hydrogen-bond donors (Lipinski definition) is 11. The number of rotatable bonds is 9. The van der Waals surface area contributed by atoms with Crippen LogP contribution >= 0.6 is 0 Å². The van der Waals surface area contributed by atoms with E-state index in [0.717, 1.165) is 12.8 Å². The lowest BCUT2D eigenvalue weighted by Gasteiger charge is -2.71. The Hall–Kier alpha value is -1.92. The van der Waals surface area contributed by atoms with Crippen molar-refractivity contribution >= 4 is 11.9 Å². The fourth-order valence-corrected chi connectivity index (χ4v) is 15.0. The zero-order chi connectivity index (χ0) is 48.2. The van der Waals surface area contributed by atoms with Gasteiger partial charge in [0.25, 0.3) is 0 Å². The molecule has 3 heterocycles. The van der Waals surface area contributed by atoms with Crippen LogP contribution < -0.4 is 0 Å². The molecule has 0 aromatic heterocycles. The minimum Gasteiger partial charge on any atom is -0.479 e. The van der Waals surface area contributed by atoms with Crippen molar-refractivity contribution in [3.05, 3.63) is 11.6 Å². The highest BCUT2D eigenvalue weighted by Gasteiger charge is 2.71. The van der Waals surface area contributed by atoms with E-state index in [1.54, 1.807) is 0 Å². The van der Waals surface area contributed by atoms with Crippen molar-refractivity contribution in [1.82, 2.24) is 0 Å². The molecular formula is C47H74O19. The molecule has 0 aromatic rings. The molecular weight excluding hydrogens is 868 g/mol. The van der Waals surface area contributed by atoms with Crippen LogP contribution in [-0.2, 0) is 38.0 Å². The van der Waals surface area contributed by atoms with Crippen LogP contribution in [0.4, 0.5) is 0 Å². The summed E-state index contributed by atoms with van der Waals surface area (Å²) in [5.41, 5.74) is -1.62. The highest BCUT2D eigenvalue weighted by Crippen LogP contribution is 2.76. The summed E-state index contributed by atoms with van der Waals surface area (Å²) < 4.78 is 35.4. The van der Waals surface area contributed by atoms with Crippen LogP contribution in [0.25, 0.3) is 0 Å². The number of allylic oxidation sites excluding steroid dienone is 2. The molecule has 4 saturated carbocycles. The number of carbonyl (C=O) groups excluding carboxylic acids is 1. The Morgan fingerprint density at radius 1 is 0.727 bits per heavy atom. The van der Waals surface area contributed by atoms with E-state index in [-0.39, 0.29) is 46.5 Å². The normalized spacial score (nSPS) is 55.0. The van der Waals surface area contributed by atoms with Gasteiger partial charge in [0.15, 0.2) is 18.7 Å². The van der Waals surface area contributed by atoms with Gasteiger partial charge in [-0.1, -0.05) is 53.2 Å². The minimum absolute atomic E-state index is 0.0871. The van der Waals surface area contributed by atoms with Gasteiger partial charge in [-0.3, -0.25) is 4.79 Å². The van der Waals surface area contributed by atoms with Crippen molar-refractivity contribution in [3.63, 3.8) is 0 Å². The van der Waals surface area contributed by atoms with Gasteiger partial charge in [-0.15, -0.1) is 0 Å². The van der Waals surface area contributed by atoms with Gasteiger partial charge in [0, 0.05) is 5.41 Å². The number of fused-ring (bicyclic) bond motifs is 7. The lowest BCUT2D eigenvalue weighted by molar-refractivity contribution is -0.367. The second-order valence-corrected chi connectivity index (χ2v) is 22.3. The average Bonchev–Trinajstić information content (AvgIpc) is 3.28. The standard InChI is InChI=1S/C47H74O19/c1-20-9-14-47(42(60)66-40-35(57)31(53)30(52)24(17-48)62-40)16-15-45(5)22(28(47)21(20)2)7-8-26-43(3)12-11-27(44(4,19-49)25(43)10-13-46(26,45)6)63-41-37(33(55)32(54)36(64-41)38(58)59)65-39-34(56)29(51)23(50)18-61-39/h7,20-21,23-37,39-41,48-57H,8-19H2,1-6H3,(H,58,59). The zero-order valence-corrected chi connectivity index (χ0v) is 38.8. The number of carboxylic acids is 1. The number of ether oxygens (including phenoxy) is 6. The Bertz CT molecular complexity index is 1830. The van der Waals surface area contributed by atoms with E-state index >= 15 is 0 Å². The average molecular weight is 943 g/mol. The second kappa shape index (κ2) is 18.0. The smallest absolute Gasteiger partial charge is 0.335 e. The predicted molar refractivity (Wildman–Crippen MR) is 226 cm³/mol. The molecule has 19 nitrogen and oxygen atoms in total. The first-order chi connectivity index (χ1) is 30.9. The van der Waals surface area contributed by atoms with Crippen LogP contribution in [0.1, 0.15) is 99.3 Å². The Morgan fingerprint density at radius 2 is 1.42 bits per heavy atom. The molecule has 376 valence electrons. The van der Waals surface area contributed by atoms with E-state index in [4.69, 9.17) is 28.4 Å². The van der Waals surface area contributed by atoms with Crippen molar-refractivity contribution in [3.8, 4) is 0 Å². The van der Waals surface area contributed by atoms with Gasteiger partial charge < -0.3 is 84.6 Å². The van der Waals surface area contributed by atoms with Crippen molar-refractivity contribution in [1.29, 1.82) is 0 Å². The van der Waals surface area contributed by atoms with Crippen LogP contribution in [0.15, 0.2) is 11.6 Å². The minimum atomic E-state index is -1.97. The molecule has 8 aliphatic rings. The predicted octanol–water partition coefficient (Wildman–Crippen LogP) is -0.300. The summed E-state index contributed by atoms with van der Waals surface area (Å²) in [4.78, 5) is 27.0. The SMILES string of the molecule is CC1CCC2(C(=O)OC3OC(CO)C(O)C(O)C3O)CCC3(C)C(=CCC4C5(C)CCC(OC6OC(C(=O)O)C(O)C(O)C6OC6OCC(O)C(O)C6O)C(C)(CO)C5CCC43C)C2C1C. The molecule has 3 aliphatic heterocycles. The van der Waals surface area contributed by atoms with E-state index in [2.05, 4.69) is 40.7 Å². The number of carboxylic acid groups (broad SMARTS) is 1. The Kier molecular flexibility index (Phi) is 13.8. The monoisotopic (exact) mass is 942 g/mol. The summed E-state index contributed by atoms with van der Waals surface area (Å²) >= 11 is 0. The fraction of sp³-hybridized carbons (Fsp3) is 0.915. The van der Waals surface area contributed by atoms with Crippen LogP contribution in [0, 0.1) is 56.7 Å². The third-order valence-electron chi connectivity index (χ3n) is 19.4. The molecule has 0 bridgehead atoms. The summed E-state index contributed by atoms with van der Waals surface area (Å²) in [5, 5.41) is 116. The maximum absolute atomic E-state index is 14.7. The van der Waals surface area contributed by atoms with Crippen molar-refractivity contribution in [2.75, 3.05) is 19.8 Å². The highest BCUT2D eigenvalue weighted by atomic mass is 16.8. The quantitative estimate of drug-likeness (QED) is 0.0803. The van der Waals surface area contributed by atoms with Crippen LogP contribution in [0.3, 0.4) is 0 Å². The maximum Gasteiger partial charge on any atom is 0.335 e. The number of carbonyl (C=O) groups is 2. The molecule has 11 N–H and O–H groups in total. The fourth-order valence-electron chi connectivity index (χ4n) is 15.0. The van der Waals surface area contributed by atoms with E-state index in [0.29, 0.717) is 50.9 Å². The third-order valence-corrected chi connectivity index (χ3v) is 19.4. The third kappa shape index (κ3) is 7.56. The molecule has 0 aromatic carbocycles. The Morgan fingerprint density at radius 3 is 2.09 bits per heavy atom. The largest absolute Gasteiger partial charge is 0.479 e. The number of aliphatic hydroxyl groups excluding tert-OH is 10. The van der Waals surface area contributed by atoms with Gasteiger partial charge in [-0.25, -0.2) is 4.79 Å². The molecule has 3 saturated heterocycles. The second-order valence-electron chi connectivity index (χ2n) is 22.3. The number of hydrogen-bond acceptors (Lipinski definition) is 18. The molecule has 19 heteroatoms. The first-order valence-corrected chi connectivity index (χ1v) is 24.0. The van der Waals surface area contributed by atoms with Crippen molar-refractivity contribution < 1.29 is 94.2 Å². The summed E-state index contributed by atoms with van der Waals surface area (Å²) in [5.74, 6) is -1.91. The first-order valence-electron chi connectivity index (χ1n) is 24.0. The molecule has 66 heavy (non-hydrogen) atoms. The molecule has 7 fully saturated rings. The molecule has 0 spiro atoms. The number of aliphatic carboxylic acids is 1. The Balaban J connectivity index is 1.07. The van der Waals surface area contributed by atoms with Crippen LogP contribution in [0.5, 0.6) is 0 Å². The van der Waals surface area contributed by atoms with Gasteiger partial charge in [0.05, 0.1) is 31.3 Å². The summed E-state index contributed by atoms with van der Waals surface area (Å²) in [6.07, 6.45) is -16.0. The van der Waals surface area contributed by atoms with Gasteiger partial charge in [-0.05, 0) is 104 Å². The van der Waals surface area contributed by atoms with Crippen LogP contribution in [0.2, 0.25) is 0 Å². The molecule has 25 unspecified atom stereocenters. The van der Waals surface area contributed by atoms with E-state index in [1.165, 1.54) is 5.57 Å².